The summed E-state index contributed by atoms with van der Waals surface area (Å²) in [7, 11) is 0. The molecule has 1 aromatic heterocycles. The Morgan fingerprint density at radius 1 is 1.23 bits per heavy atom. The van der Waals surface area contributed by atoms with E-state index in [9.17, 15) is 14.4 Å². The summed E-state index contributed by atoms with van der Waals surface area (Å²) in [4.78, 5) is 36.7. The van der Waals surface area contributed by atoms with Crippen molar-refractivity contribution in [1.82, 2.24) is 19.7 Å². The molecule has 0 aliphatic heterocycles. The van der Waals surface area contributed by atoms with Crippen molar-refractivity contribution in [3.05, 3.63) is 56.9 Å². The van der Waals surface area contributed by atoms with Crippen LogP contribution in [0.4, 0.5) is 0 Å². The van der Waals surface area contributed by atoms with Crippen molar-refractivity contribution in [2.75, 3.05) is 0 Å². The van der Waals surface area contributed by atoms with Gasteiger partial charge in [-0.1, -0.05) is 18.2 Å². The van der Waals surface area contributed by atoms with Crippen LogP contribution >= 0.6 is 0 Å². The molecule has 0 atom stereocenters. The number of amides is 1. The molecule has 7 heteroatoms. The van der Waals surface area contributed by atoms with E-state index in [4.69, 9.17) is 0 Å². The van der Waals surface area contributed by atoms with Crippen molar-refractivity contribution < 1.29 is 4.79 Å². The van der Waals surface area contributed by atoms with Gasteiger partial charge in [-0.25, -0.2) is 4.79 Å². The van der Waals surface area contributed by atoms with Gasteiger partial charge >= 0.3 is 5.69 Å². The lowest BCUT2D eigenvalue weighted by Gasteiger charge is -2.12. The molecule has 0 aliphatic rings. The maximum Gasteiger partial charge on any atom is 0.352 e. The highest BCUT2D eigenvalue weighted by Crippen LogP contribution is 2.01. The summed E-state index contributed by atoms with van der Waals surface area (Å²) in [6.45, 7) is 5.39. The van der Waals surface area contributed by atoms with E-state index in [0.717, 1.165) is 9.25 Å². The summed E-state index contributed by atoms with van der Waals surface area (Å²) in [5.41, 5.74) is -1.05. The Balaban J connectivity index is 2.69. The minimum absolute atomic E-state index is 0.138. The highest BCUT2D eigenvalue weighted by Gasteiger charge is 2.19. The predicted octanol–water partition coefficient (Wildman–Crippen LogP) is 0.552. The van der Waals surface area contributed by atoms with E-state index in [0.29, 0.717) is 5.69 Å². The minimum Gasteiger partial charge on any atom is -0.348 e. The van der Waals surface area contributed by atoms with Crippen molar-refractivity contribution >= 4 is 5.91 Å². The Bertz CT molecular complexity index is 791. The second kappa shape index (κ2) is 6.38. The van der Waals surface area contributed by atoms with Gasteiger partial charge in [-0.2, -0.15) is 9.78 Å². The smallest absolute Gasteiger partial charge is 0.348 e. The zero-order valence-electron chi connectivity index (χ0n) is 12.7. The van der Waals surface area contributed by atoms with Gasteiger partial charge in [-0.3, -0.25) is 14.2 Å². The number of hydrogen-bond donors (Lipinski definition) is 1. The highest BCUT2D eigenvalue weighted by atomic mass is 16.2. The van der Waals surface area contributed by atoms with Gasteiger partial charge in [0, 0.05) is 12.6 Å². The van der Waals surface area contributed by atoms with Crippen LogP contribution in [0, 0.1) is 0 Å². The maximum atomic E-state index is 12.3. The Morgan fingerprint density at radius 2 is 1.86 bits per heavy atom. The van der Waals surface area contributed by atoms with Crippen LogP contribution < -0.4 is 16.6 Å². The number of carbonyl (C=O) groups excluding carboxylic acids is 1. The fourth-order valence-corrected chi connectivity index (χ4v) is 2.00. The summed E-state index contributed by atoms with van der Waals surface area (Å²) < 4.78 is 2.06. The third-order valence-corrected chi connectivity index (χ3v) is 3.01. The van der Waals surface area contributed by atoms with Gasteiger partial charge < -0.3 is 5.32 Å². The molecule has 0 unspecified atom stereocenters. The quantitative estimate of drug-likeness (QED) is 0.893. The Labute approximate surface area is 127 Å². The van der Waals surface area contributed by atoms with Gasteiger partial charge in [-0.05, 0) is 32.9 Å². The number of rotatable bonds is 4. The molecule has 22 heavy (non-hydrogen) atoms. The average Bonchev–Trinajstić information content (AvgIpc) is 2.48. The first kappa shape index (κ1) is 15.7. The van der Waals surface area contributed by atoms with E-state index >= 15 is 0 Å². The summed E-state index contributed by atoms with van der Waals surface area (Å²) in [5.74, 6) is -0.591. The Kier molecular flexibility index (Phi) is 4.55. The van der Waals surface area contributed by atoms with Crippen molar-refractivity contribution in [2.24, 2.45) is 0 Å². The van der Waals surface area contributed by atoms with E-state index in [1.807, 2.05) is 0 Å². The molecule has 0 bridgehead atoms. The molecule has 1 amide bonds. The van der Waals surface area contributed by atoms with E-state index in [1.165, 1.54) is 0 Å². The summed E-state index contributed by atoms with van der Waals surface area (Å²) in [6, 6.07) is 8.53. The number of nitrogens with one attached hydrogen (secondary N) is 1. The largest absolute Gasteiger partial charge is 0.352 e. The number of nitrogens with zero attached hydrogens (tertiary/aromatic N) is 3. The standard InChI is InChI=1S/C15H18N4O3/c1-4-18-14(21)12(13(20)16-10(2)3)17-19(15(18)22)11-8-6-5-7-9-11/h5-10H,4H2,1-3H3,(H,16,20). The molecule has 0 aliphatic carbocycles. The Hall–Kier alpha value is -2.70. The third kappa shape index (κ3) is 2.98. The second-order valence-corrected chi connectivity index (χ2v) is 5.06. The first-order valence-corrected chi connectivity index (χ1v) is 7.06. The molecule has 0 radical (unpaired) electrons. The summed E-state index contributed by atoms with van der Waals surface area (Å²) >= 11 is 0. The number of hydrogen-bond acceptors (Lipinski definition) is 4. The Morgan fingerprint density at radius 3 is 2.41 bits per heavy atom. The van der Waals surface area contributed by atoms with Crippen LogP contribution in [0.25, 0.3) is 5.69 Å². The first-order valence-electron chi connectivity index (χ1n) is 7.06. The maximum absolute atomic E-state index is 12.3. The fraction of sp³-hybridized carbons (Fsp3) is 0.333. The monoisotopic (exact) mass is 302 g/mol. The minimum atomic E-state index is -0.683. The van der Waals surface area contributed by atoms with Gasteiger partial charge in [0.1, 0.15) is 0 Å². The molecule has 2 aromatic rings. The average molecular weight is 302 g/mol. The van der Waals surface area contributed by atoms with E-state index in [-0.39, 0.29) is 18.3 Å². The molecule has 7 nitrogen and oxygen atoms in total. The zero-order chi connectivity index (χ0) is 16.3. The van der Waals surface area contributed by atoms with Crippen LogP contribution in [-0.2, 0) is 6.54 Å². The van der Waals surface area contributed by atoms with Gasteiger partial charge in [-0.15, -0.1) is 0 Å². The molecular weight excluding hydrogens is 284 g/mol. The number of para-hydroxylation sites is 1. The topological polar surface area (TPSA) is 86.0 Å². The SMILES string of the molecule is CCn1c(=O)c(C(=O)NC(C)C)nn(-c2ccccc2)c1=O. The normalized spacial score (nSPS) is 10.7. The van der Waals surface area contributed by atoms with Gasteiger partial charge in [0.05, 0.1) is 5.69 Å². The predicted molar refractivity (Wildman–Crippen MR) is 82.4 cm³/mol. The lowest BCUT2D eigenvalue weighted by atomic mass is 10.3. The molecule has 0 saturated heterocycles. The number of benzene rings is 1. The van der Waals surface area contributed by atoms with Crippen molar-refractivity contribution in [2.45, 2.75) is 33.4 Å². The molecule has 0 fully saturated rings. The lowest BCUT2D eigenvalue weighted by Crippen LogP contribution is -2.46. The van der Waals surface area contributed by atoms with Crippen LogP contribution in [0.15, 0.2) is 39.9 Å². The van der Waals surface area contributed by atoms with Crippen molar-refractivity contribution in [1.29, 1.82) is 0 Å². The molecule has 1 N–H and O–H groups in total. The molecule has 2 rings (SSSR count). The lowest BCUT2D eigenvalue weighted by molar-refractivity contribution is 0.0933. The fourth-order valence-electron chi connectivity index (χ4n) is 2.00. The summed E-state index contributed by atoms with van der Waals surface area (Å²) in [6.07, 6.45) is 0. The highest BCUT2D eigenvalue weighted by molar-refractivity contribution is 5.91. The van der Waals surface area contributed by atoms with Gasteiger partial charge in [0.2, 0.25) is 5.69 Å². The van der Waals surface area contributed by atoms with Crippen LogP contribution in [-0.4, -0.2) is 26.3 Å². The zero-order valence-corrected chi connectivity index (χ0v) is 12.7. The molecular formula is C15H18N4O3. The summed E-state index contributed by atoms with van der Waals surface area (Å²) in [5, 5.41) is 6.58. The molecule has 1 aromatic carbocycles. The van der Waals surface area contributed by atoms with E-state index in [2.05, 4.69) is 10.4 Å². The number of aromatic nitrogens is 3. The second-order valence-electron chi connectivity index (χ2n) is 5.06. The third-order valence-electron chi connectivity index (χ3n) is 3.01. The van der Waals surface area contributed by atoms with Crippen LogP contribution in [0.2, 0.25) is 0 Å². The van der Waals surface area contributed by atoms with Crippen LogP contribution in [0.5, 0.6) is 0 Å². The van der Waals surface area contributed by atoms with Gasteiger partial charge in [0.15, 0.2) is 0 Å². The molecule has 1 heterocycles. The van der Waals surface area contributed by atoms with Crippen LogP contribution in [0.1, 0.15) is 31.3 Å². The van der Waals surface area contributed by atoms with Crippen molar-refractivity contribution in [3.63, 3.8) is 0 Å². The van der Waals surface area contributed by atoms with E-state index < -0.39 is 17.2 Å². The number of carbonyl (C=O) groups is 1. The van der Waals surface area contributed by atoms with Crippen LogP contribution in [0.3, 0.4) is 0 Å². The molecule has 116 valence electrons. The first-order chi connectivity index (χ1) is 10.5. The van der Waals surface area contributed by atoms with E-state index in [1.54, 1.807) is 51.1 Å². The van der Waals surface area contributed by atoms with Gasteiger partial charge in [0.25, 0.3) is 11.5 Å². The molecule has 0 spiro atoms. The molecule has 0 saturated carbocycles. The van der Waals surface area contributed by atoms with Crippen molar-refractivity contribution in [3.8, 4) is 5.69 Å².